The summed E-state index contributed by atoms with van der Waals surface area (Å²) in [6.45, 7) is 0.559. The summed E-state index contributed by atoms with van der Waals surface area (Å²) in [5.74, 6) is 0.121. The predicted molar refractivity (Wildman–Crippen MR) is 80.7 cm³/mol. The van der Waals surface area contributed by atoms with Gasteiger partial charge in [-0.15, -0.1) is 0 Å². The molecule has 20 heavy (non-hydrogen) atoms. The molecule has 0 aliphatic rings. The first-order valence-electron chi connectivity index (χ1n) is 6.46. The Morgan fingerprint density at radius 2 is 1.95 bits per heavy atom. The summed E-state index contributed by atoms with van der Waals surface area (Å²) < 4.78 is 5.80. The molecule has 1 amide bonds. The molecule has 0 aliphatic carbocycles. The van der Waals surface area contributed by atoms with Gasteiger partial charge in [0.05, 0.1) is 20.6 Å². The van der Waals surface area contributed by atoms with Gasteiger partial charge in [0.15, 0.2) is 10.4 Å². The maximum absolute atomic E-state index is 12.0. The van der Waals surface area contributed by atoms with Crippen LogP contribution in [0.25, 0.3) is 0 Å². The molecule has 2 N–H and O–H groups in total. The van der Waals surface area contributed by atoms with E-state index in [9.17, 15) is 4.79 Å². The number of rotatable bonds is 5. The number of furan rings is 1. The Labute approximate surface area is 126 Å². The second kappa shape index (κ2) is 6.72. The number of hydrogen-bond donors (Lipinski definition) is 2. The third kappa shape index (κ3) is 3.71. The smallest absolute Gasteiger partial charge is 0.287 e. The van der Waals surface area contributed by atoms with Crippen LogP contribution < -0.4 is 10.2 Å². The molecule has 0 saturated carbocycles. The normalized spacial score (nSPS) is 12.4. The number of halogens is 1. The van der Waals surface area contributed by atoms with Crippen LogP contribution in [0.5, 0.6) is 0 Å². The van der Waals surface area contributed by atoms with E-state index in [1.165, 1.54) is 10.5 Å². The molecule has 0 spiro atoms. The molecule has 5 heteroatoms. The molecule has 0 unspecified atom stereocenters. The van der Waals surface area contributed by atoms with E-state index in [4.69, 9.17) is 4.42 Å². The Kier molecular flexibility index (Phi) is 4.98. The van der Waals surface area contributed by atoms with Gasteiger partial charge in [-0.1, -0.05) is 30.3 Å². The lowest BCUT2D eigenvalue weighted by Crippen LogP contribution is -3.07. The molecule has 1 aromatic heterocycles. The summed E-state index contributed by atoms with van der Waals surface area (Å²) in [7, 11) is 4.15. The van der Waals surface area contributed by atoms with Crippen molar-refractivity contribution in [3.05, 3.63) is 58.5 Å². The van der Waals surface area contributed by atoms with Crippen LogP contribution in [0.3, 0.4) is 0 Å². The van der Waals surface area contributed by atoms with Gasteiger partial charge < -0.3 is 14.6 Å². The van der Waals surface area contributed by atoms with Gasteiger partial charge in [0.1, 0.15) is 6.04 Å². The summed E-state index contributed by atoms with van der Waals surface area (Å²) in [6, 6.07) is 13.7. The van der Waals surface area contributed by atoms with Crippen molar-refractivity contribution in [3.63, 3.8) is 0 Å². The number of quaternary nitrogens is 1. The fraction of sp³-hybridized carbons (Fsp3) is 0.267. The van der Waals surface area contributed by atoms with Crippen molar-refractivity contribution >= 4 is 21.8 Å². The second-order valence-electron chi connectivity index (χ2n) is 4.85. The Morgan fingerprint density at radius 1 is 1.25 bits per heavy atom. The van der Waals surface area contributed by atoms with Crippen LogP contribution >= 0.6 is 15.9 Å². The van der Waals surface area contributed by atoms with E-state index in [0.717, 1.165) is 0 Å². The minimum absolute atomic E-state index is 0.196. The zero-order valence-electron chi connectivity index (χ0n) is 11.5. The van der Waals surface area contributed by atoms with Crippen LogP contribution in [0, 0.1) is 0 Å². The largest absolute Gasteiger partial charge is 0.444 e. The summed E-state index contributed by atoms with van der Waals surface area (Å²) in [6.07, 6.45) is 0. The molecule has 0 saturated heterocycles. The maximum atomic E-state index is 12.0. The van der Waals surface area contributed by atoms with Gasteiger partial charge in [0.25, 0.3) is 5.91 Å². The van der Waals surface area contributed by atoms with Gasteiger partial charge in [-0.3, -0.25) is 4.79 Å². The third-order valence-electron chi connectivity index (χ3n) is 3.16. The fourth-order valence-corrected chi connectivity index (χ4v) is 2.37. The topological polar surface area (TPSA) is 46.7 Å². The van der Waals surface area contributed by atoms with E-state index in [1.54, 1.807) is 12.1 Å². The molecule has 2 aromatic rings. The van der Waals surface area contributed by atoms with Crippen LogP contribution in [0.1, 0.15) is 22.2 Å². The highest BCUT2D eigenvalue weighted by Gasteiger charge is 2.19. The number of carbonyl (C=O) groups is 1. The van der Waals surface area contributed by atoms with Gasteiger partial charge in [0.2, 0.25) is 0 Å². The van der Waals surface area contributed by atoms with Crippen molar-refractivity contribution in [2.45, 2.75) is 6.04 Å². The number of likely N-dealkylation sites (N-methyl/N-ethyl adjacent to an activating group) is 1. The number of hydrogen-bond acceptors (Lipinski definition) is 2. The van der Waals surface area contributed by atoms with Crippen LogP contribution in [-0.4, -0.2) is 26.5 Å². The van der Waals surface area contributed by atoms with Crippen molar-refractivity contribution in [3.8, 4) is 0 Å². The van der Waals surface area contributed by atoms with Crippen LogP contribution in [-0.2, 0) is 0 Å². The van der Waals surface area contributed by atoms with Gasteiger partial charge in [0, 0.05) is 5.56 Å². The average Bonchev–Trinajstić information content (AvgIpc) is 2.86. The van der Waals surface area contributed by atoms with Crippen molar-refractivity contribution in [1.29, 1.82) is 0 Å². The van der Waals surface area contributed by atoms with Gasteiger partial charge in [-0.25, -0.2) is 0 Å². The summed E-state index contributed by atoms with van der Waals surface area (Å²) >= 11 is 3.19. The number of benzene rings is 1. The first-order valence-corrected chi connectivity index (χ1v) is 7.25. The molecule has 0 radical (unpaired) electrons. The Hall–Kier alpha value is -1.59. The molecule has 106 valence electrons. The van der Waals surface area contributed by atoms with Gasteiger partial charge in [-0.05, 0) is 28.1 Å². The average molecular weight is 338 g/mol. The van der Waals surface area contributed by atoms with Gasteiger partial charge in [-0.2, -0.15) is 0 Å². The summed E-state index contributed by atoms with van der Waals surface area (Å²) in [5, 5.41) is 2.92. The van der Waals surface area contributed by atoms with E-state index < -0.39 is 0 Å². The Morgan fingerprint density at radius 3 is 2.50 bits per heavy atom. The minimum atomic E-state index is -0.196. The van der Waals surface area contributed by atoms with E-state index in [1.807, 2.05) is 18.2 Å². The van der Waals surface area contributed by atoms with E-state index in [-0.39, 0.29) is 11.9 Å². The fourth-order valence-electron chi connectivity index (χ4n) is 2.06. The second-order valence-corrected chi connectivity index (χ2v) is 5.64. The zero-order chi connectivity index (χ0) is 14.5. The molecule has 2 rings (SSSR count). The van der Waals surface area contributed by atoms with Crippen molar-refractivity contribution in [2.75, 3.05) is 20.6 Å². The highest BCUT2D eigenvalue weighted by atomic mass is 79.9. The molecule has 1 atom stereocenters. The van der Waals surface area contributed by atoms with Crippen LogP contribution in [0.4, 0.5) is 0 Å². The molecule has 0 fully saturated rings. The zero-order valence-corrected chi connectivity index (χ0v) is 13.1. The number of amides is 1. The highest BCUT2D eigenvalue weighted by molar-refractivity contribution is 9.10. The van der Waals surface area contributed by atoms with Crippen LogP contribution in [0.15, 0.2) is 51.6 Å². The van der Waals surface area contributed by atoms with E-state index in [2.05, 4.69) is 47.5 Å². The first kappa shape index (κ1) is 14.8. The monoisotopic (exact) mass is 337 g/mol. The van der Waals surface area contributed by atoms with Crippen molar-refractivity contribution in [2.24, 2.45) is 0 Å². The SMILES string of the molecule is C[NH+](C)[C@@H](CNC(=O)c1ccc(Br)o1)c1ccccc1. The van der Waals surface area contributed by atoms with E-state index >= 15 is 0 Å². The first-order chi connectivity index (χ1) is 9.58. The van der Waals surface area contributed by atoms with E-state index in [0.29, 0.717) is 17.0 Å². The quantitative estimate of drug-likeness (QED) is 0.871. The van der Waals surface area contributed by atoms with Gasteiger partial charge >= 0.3 is 0 Å². The standard InChI is InChI=1S/C15H17BrN2O2/c1-18(2)12(11-6-4-3-5-7-11)10-17-15(19)13-8-9-14(16)20-13/h3-9,12H,10H2,1-2H3,(H,17,19)/p+1/t12-/m0/s1. The highest BCUT2D eigenvalue weighted by Crippen LogP contribution is 2.14. The van der Waals surface area contributed by atoms with Crippen LogP contribution in [0.2, 0.25) is 0 Å². The Balaban J connectivity index is 2.01. The molecule has 1 aromatic carbocycles. The lowest BCUT2D eigenvalue weighted by molar-refractivity contribution is -0.890. The minimum Gasteiger partial charge on any atom is -0.444 e. The number of nitrogens with one attached hydrogen (secondary N) is 2. The molecule has 4 nitrogen and oxygen atoms in total. The third-order valence-corrected chi connectivity index (χ3v) is 3.59. The molecule has 1 heterocycles. The predicted octanol–water partition coefficient (Wildman–Crippen LogP) is 1.66. The summed E-state index contributed by atoms with van der Waals surface area (Å²) in [5.41, 5.74) is 1.20. The molecule has 0 aliphatic heterocycles. The van der Waals surface area contributed by atoms with Crippen molar-refractivity contribution in [1.82, 2.24) is 5.32 Å². The molecule has 0 bridgehead atoms. The van der Waals surface area contributed by atoms with Crippen molar-refractivity contribution < 1.29 is 14.1 Å². The molecular weight excluding hydrogens is 320 g/mol. The summed E-state index contributed by atoms with van der Waals surface area (Å²) in [4.78, 5) is 13.2. The Bertz CT molecular complexity index is 566. The lowest BCUT2D eigenvalue weighted by Gasteiger charge is -2.21. The lowest BCUT2D eigenvalue weighted by atomic mass is 10.1. The molecular formula is C15H18BrN2O2+. The number of carbonyl (C=O) groups excluding carboxylic acids is 1. The maximum Gasteiger partial charge on any atom is 0.287 e.